The van der Waals surface area contributed by atoms with Gasteiger partial charge in [0, 0.05) is 16.8 Å². The van der Waals surface area contributed by atoms with Gasteiger partial charge in [-0.1, -0.05) is 23.7 Å². The molecule has 3 aromatic rings. The second-order valence-corrected chi connectivity index (χ2v) is 5.40. The largest absolute Gasteiger partial charge is 0.387 e. The van der Waals surface area contributed by atoms with Crippen molar-refractivity contribution in [2.45, 2.75) is 20.0 Å². The molecule has 0 aliphatic carbocycles. The van der Waals surface area contributed by atoms with Crippen LogP contribution in [-0.4, -0.2) is 14.5 Å². The zero-order valence-corrected chi connectivity index (χ0v) is 12.1. The Morgan fingerprint density at radius 3 is 2.55 bits per heavy atom. The predicted molar refractivity (Wildman–Crippen MR) is 81.0 cm³/mol. The third-order valence-corrected chi connectivity index (χ3v) is 3.58. The molecule has 4 heteroatoms. The van der Waals surface area contributed by atoms with E-state index in [2.05, 4.69) is 4.98 Å². The highest BCUT2D eigenvalue weighted by molar-refractivity contribution is 6.30. The molecule has 1 aromatic carbocycles. The summed E-state index contributed by atoms with van der Waals surface area (Å²) in [5.41, 5.74) is 4.52. The van der Waals surface area contributed by atoms with Gasteiger partial charge in [0.05, 0.1) is 17.5 Å². The Morgan fingerprint density at radius 1 is 1.20 bits per heavy atom. The summed E-state index contributed by atoms with van der Waals surface area (Å²) in [5, 5.41) is 10.8. The Morgan fingerprint density at radius 2 is 1.90 bits per heavy atom. The number of hydrogen-bond donors (Lipinski definition) is 1. The molecular formula is C16H15ClN2O. The number of fused-ring (bicyclic) bond motifs is 1. The molecule has 0 aliphatic heterocycles. The molecule has 3 nitrogen and oxygen atoms in total. The minimum absolute atomic E-state index is 0.599. The molecule has 1 unspecified atom stereocenters. The third kappa shape index (κ3) is 2.19. The number of aliphatic hydroxyl groups is 1. The third-order valence-electron chi connectivity index (χ3n) is 3.33. The predicted octanol–water partition coefficient (Wildman–Crippen LogP) is 4.02. The smallest absolute Gasteiger partial charge is 0.138 e. The SMILES string of the molecule is Cc1ccn2c(C(C)O)c(-c3ccc(Cl)cc3)nc2c1. The van der Waals surface area contributed by atoms with Gasteiger partial charge in [0.2, 0.25) is 0 Å². The van der Waals surface area contributed by atoms with Gasteiger partial charge < -0.3 is 9.51 Å². The van der Waals surface area contributed by atoms with E-state index in [0.717, 1.165) is 28.2 Å². The quantitative estimate of drug-likeness (QED) is 0.773. The van der Waals surface area contributed by atoms with Crippen LogP contribution in [0.3, 0.4) is 0 Å². The normalized spacial score (nSPS) is 12.8. The molecule has 1 atom stereocenters. The molecule has 102 valence electrons. The van der Waals surface area contributed by atoms with Gasteiger partial charge in [-0.15, -0.1) is 0 Å². The lowest BCUT2D eigenvalue weighted by atomic mass is 10.1. The summed E-state index contributed by atoms with van der Waals surface area (Å²) < 4.78 is 1.93. The van der Waals surface area contributed by atoms with E-state index in [4.69, 9.17) is 11.6 Å². The Balaban J connectivity index is 2.28. The molecule has 0 saturated heterocycles. The van der Waals surface area contributed by atoms with Crippen molar-refractivity contribution in [1.82, 2.24) is 9.38 Å². The van der Waals surface area contributed by atoms with Gasteiger partial charge in [-0.2, -0.15) is 0 Å². The molecule has 0 amide bonds. The Labute approximate surface area is 122 Å². The summed E-state index contributed by atoms with van der Waals surface area (Å²) in [7, 11) is 0. The van der Waals surface area contributed by atoms with Crippen molar-refractivity contribution in [2.75, 3.05) is 0 Å². The van der Waals surface area contributed by atoms with Gasteiger partial charge in [0.15, 0.2) is 0 Å². The highest BCUT2D eigenvalue weighted by atomic mass is 35.5. The molecule has 3 rings (SSSR count). The number of aryl methyl sites for hydroxylation is 1. The zero-order valence-electron chi connectivity index (χ0n) is 11.3. The first-order valence-corrected chi connectivity index (χ1v) is 6.86. The van der Waals surface area contributed by atoms with Crippen LogP contribution in [0.4, 0.5) is 0 Å². The van der Waals surface area contributed by atoms with Crippen molar-refractivity contribution in [3.8, 4) is 11.3 Å². The van der Waals surface area contributed by atoms with E-state index in [1.807, 2.05) is 53.9 Å². The van der Waals surface area contributed by atoms with E-state index in [1.54, 1.807) is 6.92 Å². The minimum atomic E-state index is -0.599. The molecule has 0 bridgehead atoms. The average molecular weight is 287 g/mol. The minimum Gasteiger partial charge on any atom is -0.387 e. The second kappa shape index (κ2) is 4.93. The first-order valence-electron chi connectivity index (χ1n) is 6.49. The number of hydrogen-bond acceptors (Lipinski definition) is 2. The molecule has 20 heavy (non-hydrogen) atoms. The molecule has 2 aromatic heterocycles. The summed E-state index contributed by atoms with van der Waals surface area (Å²) in [4.78, 5) is 4.65. The molecule has 2 heterocycles. The van der Waals surface area contributed by atoms with E-state index < -0.39 is 6.10 Å². The van der Waals surface area contributed by atoms with Gasteiger partial charge in [-0.05, 0) is 43.7 Å². The van der Waals surface area contributed by atoms with Crippen molar-refractivity contribution in [1.29, 1.82) is 0 Å². The van der Waals surface area contributed by atoms with Crippen LogP contribution < -0.4 is 0 Å². The standard InChI is InChI=1S/C16H15ClN2O/c1-10-7-8-19-14(9-10)18-15(16(19)11(2)20)12-3-5-13(17)6-4-12/h3-9,11,20H,1-2H3. The maximum atomic E-state index is 10.1. The maximum Gasteiger partial charge on any atom is 0.138 e. The number of aliphatic hydroxyl groups excluding tert-OH is 1. The van der Waals surface area contributed by atoms with Gasteiger partial charge >= 0.3 is 0 Å². The Hall–Kier alpha value is -1.84. The maximum absolute atomic E-state index is 10.1. The van der Waals surface area contributed by atoms with Gasteiger partial charge in [-0.25, -0.2) is 4.98 Å². The summed E-state index contributed by atoms with van der Waals surface area (Å²) in [6.07, 6.45) is 1.34. The van der Waals surface area contributed by atoms with E-state index in [1.165, 1.54) is 0 Å². The van der Waals surface area contributed by atoms with Crippen molar-refractivity contribution in [3.05, 3.63) is 58.9 Å². The number of nitrogens with zero attached hydrogens (tertiary/aromatic N) is 2. The fraction of sp³-hybridized carbons (Fsp3) is 0.188. The molecular weight excluding hydrogens is 272 g/mol. The summed E-state index contributed by atoms with van der Waals surface area (Å²) >= 11 is 5.93. The highest BCUT2D eigenvalue weighted by Crippen LogP contribution is 2.29. The van der Waals surface area contributed by atoms with Crippen LogP contribution in [0.25, 0.3) is 16.9 Å². The highest BCUT2D eigenvalue weighted by Gasteiger charge is 2.17. The number of pyridine rings is 1. The van der Waals surface area contributed by atoms with Gasteiger partial charge in [0.25, 0.3) is 0 Å². The number of benzene rings is 1. The Bertz CT molecular complexity index is 760. The topological polar surface area (TPSA) is 37.5 Å². The fourth-order valence-corrected chi connectivity index (χ4v) is 2.51. The van der Waals surface area contributed by atoms with Gasteiger partial charge in [-0.3, -0.25) is 0 Å². The van der Waals surface area contributed by atoms with Crippen LogP contribution in [0.1, 0.15) is 24.3 Å². The monoisotopic (exact) mass is 286 g/mol. The first-order chi connectivity index (χ1) is 9.56. The summed E-state index contributed by atoms with van der Waals surface area (Å²) in [5.74, 6) is 0. The molecule has 0 saturated carbocycles. The Kier molecular flexibility index (Phi) is 3.24. The molecule has 0 fully saturated rings. The van der Waals surface area contributed by atoms with Crippen LogP contribution >= 0.6 is 11.6 Å². The van der Waals surface area contributed by atoms with Crippen LogP contribution in [0.5, 0.6) is 0 Å². The molecule has 0 spiro atoms. The molecule has 0 radical (unpaired) electrons. The lowest BCUT2D eigenvalue weighted by molar-refractivity contribution is 0.194. The number of halogens is 1. The van der Waals surface area contributed by atoms with E-state index >= 15 is 0 Å². The van der Waals surface area contributed by atoms with Crippen LogP contribution in [0, 0.1) is 6.92 Å². The molecule has 0 aliphatic rings. The van der Waals surface area contributed by atoms with Crippen LogP contribution in [-0.2, 0) is 0 Å². The number of aromatic nitrogens is 2. The lowest BCUT2D eigenvalue weighted by Gasteiger charge is -2.08. The average Bonchev–Trinajstić information content (AvgIpc) is 2.77. The molecule has 1 N–H and O–H groups in total. The van der Waals surface area contributed by atoms with Crippen LogP contribution in [0.2, 0.25) is 5.02 Å². The van der Waals surface area contributed by atoms with E-state index in [-0.39, 0.29) is 0 Å². The fourth-order valence-electron chi connectivity index (χ4n) is 2.38. The summed E-state index contributed by atoms with van der Waals surface area (Å²) in [6.45, 7) is 3.78. The number of rotatable bonds is 2. The van der Waals surface area contributed by atoms with E-state index in [0.29, 0.717) is 5.02 Å². The number of imidazole rings is 1. The van der Waals surface area contributed by atoms with Crippen molar-refractivity contribution in [3.63, 3.8) is 0 Å². The van der Waals surface area contributed by atoms with Crippen molar-refractivity contribution >= 4 is 17.2 Å². The zero-order chi connectivity index (χ0) is 14.3. The van der Waals surface area contributed by atoms with E-state index in [9.17, 15) is 5.11 Å². The van der Waals surface area contributed by atoms with Crippen LogP contribution in [0.15, 0.2) is 42.6 Å². The second-order valence-electron chi connectivity index (χ2n) is 4.96. The van der Waals surface area contributed by atoms with Gasteiger partial charge in [0.1, 0.15) is 5.65 Å². The lowest BCUT2D eigenvalue weighted by Crippen LogP contribution is -1.99. The first kappa shape index (κ1) is 13.2. The summed E-state index contributed by atoms with van der Waals surface area (Å²) in [6, 6.07) is 11.5. The van der Waals surface area contributed by atoms with Crippen molar-refractivity contribution in [2.24, 2.45) is 0 Å². The van der Waals surface area contributed by atoms with Crippen molar-refractivity contribution < 1.29 is 5.11 Å².